The molecule has 9 nitrogen and oxygen atoms in total. The molecule has 0 aliphatic rings. The number of imidazole rings is 1. The number of aryl methyl sites for hydroxylation is 2. The van der Waals surface area contributed by atoms with Crippen LogP contribution in [0.1, 0.15) is 31.1 Å². The maximum absolute atomic E-state index is 12.8. The summed E-state index contributed by atoms with van der Waals surface area (Å²) in [5.74, 6) is 1.86. The van der Waals surface area contributed by atoms with Gasteiger partial charge in [0.2, 0.25) is 10.0 Å². The van der Waals surface area contributed by atoms with Gasteiger partial charge in [-0.05, 0) is 38.1 Å². The van der Waals surface area contributed by atoms with E-state index in [1.807, 2.05) is 38.2 Å². The van der Waals surface area contributed by atoms with Crippen LogP contribution < -0.4 is 0 Å². The highest BCUT2D eigenvalue weighted by molar-refractivity contribution is 7.98. The molecule has 0 saturated heterocycles. The number of thioether (sulfide) groups is 1. The maximum Gasteiger partial charge on any atom is 0.256 e. The van der Waals surface area contributed by atoms with E-state index >= 15 is 0 Å². The Bertz CT molecular complexity index is 1320. The Morgan fingerprint density at radius 2 is 1.87 bits per heavy atom. The zero-order valence-corrected chi connectivity index (χ0v) is 18.9. The van der Waals surface area contributed by atoms with Crippen LogP contribution in [0.2, 0.25) is 0 Å². The van der Waals surface area contributed by atoms with E-state index in [-0.39, 0.29) is 4.90 Å². The Labute approximate surface area is 179 Å². The highest BCUT2D eigenvalue weighted by Crippen LogP contribution is 2.25. The van der Waals surface area contributed by atoms with Gasteiger partial charge in [0, 0.05) is 24.5 Å². The van der Waals surface area contributed by atoms with Crippen LogP contribution in [0.3, 0.4) is 0 Å². The van der Waals surface area contributed by atoms with Crippen molar-refractivity contribution in [1.29, 1.82) is 0 Å². The molecule has 11 heteroatoms. The highest BCUT2D eigenvalue weighted by atomic mass is 32.2. The van der Waals surface area contributed by atoms with Crippen LogP contribution >= 0.6 is 11.8 Å². The third kappa shape index (κ3) is 3.68. The molecule has 0 spiro atoms. The molecule has 0 radical (unpaired) electrons. The van der Waals surface area contributed by atoms with Gasteiger partial charge in [-0.3, -0.25) is 4.40 Å². The molecular formula is C19H23N7O2S2. The maximum atomic E-state index is 12.8. The summed E-state index contributed by atoms with van der Waals surface area (Å²) in [5, 5.41) is 9.12. The first-order valence-corrected chi connectivity index (χ1v) is 12.1. The first-order valence-electron chi connectivity index (χ1n) is 9.64. The summed E-state index contributed by atoms with van der Waals surface area (Å²) in [5.41, 5.74) is 3.33. The average Bonchev–Trinajstić information content (AvgIpc) is 3.29. The molecule has 0 atom stereocenters. The van der Waals surface area contributed by atoms with Crippen molar-refractivity contribution in [2.45, 2.75) is 43.5 Å². The minimum Gasteiger partial charge on any atom is -0.341 e. The number of nitrogens with one attached hydrogen (secondary N) is 1. The van der Waals surface area contributed by atoms with Crippen molar-refractivity contribution >= 4 is 38.6 Å². The zero-order chi connectivity index (χ0) is 21.5. The predicted molar refractivity (Wildman–Crippen MR) is 116 cm³/mol. The van der Waals surface area contributed by atoms with Gasteiger partial charge in [-0.1, -0.05) is 25.6 Å². The fraction of sp³-hybridized carbons (Fsp3) is 0.368. The first-order chi connectivity index (χ1) is 14.3. The van der Waals surface area contributed by atoms with Crippen LogP contribution in [0.15, 0.2) is 34.3 Å². The van der Waals surface area contributed by atoms with Crippen molar-refractivity contribution in [2.75, 3.05) is 13.1 Å². The first kappa shape index (κ1) is 20.8. The van der Waals surface area contributed by atoms with Crippen molar-refractivity contribution in [2.24, 2.45) is 0 Å². The molecule has 30 heavy (non-hydrogen) atoms. The van der Waals surface area contributed by atoms with E-state index in [1.165, 1.54) is 16.1 Å². The van der Waals surface area contributed by atoms with Gasteiger partial charge < -0.3 is 4.98 Å². The number of rotatable bonds is 7. The normalized spacial score (nSPS) is 12.4. The summed E-state index contributed by atoms with van der Waals surface area (Å²) in [6, 6.07) is 6.98. The van der Waals surface area contributed by atoms with Crippen molar-refractivity contribution in [1.82, 2.24) is 33.9 Å². The Hall–Kier alpha value is -2.50. The largest absolute Gasteiger partial charge is 0.341 e. The third-order valence-electron chi connectivity index (χ3n) is 4.85. The molecule has 0 amide bonds. The number of sulfonamides is 1. The van der Waals surface area contributed by atoms with E-state index < -0.39 is 10.0 Å². The fourth-order valence-electron chi connectivity index (χ4n) is 3.41. The summed E-state index contributed by atoms with van der Waals surface area (Å²) in [4.78, 5) is 12.5. The molecule has 4 aromatic rings. The Kier molecular flexibility index (Phi) is 5.51. The van der Waals surface area contributed by atoms with Crippen LogP contribution in [0.5, 0.6) is 0 Å². The van der Waals surface area contributed by atoms with Crippen LogP contribution in [-0.4, -0.2) is 55.4 Å². The molecule has 0 bridgehead atoms. The number of aromatic nitrogens is 6. The number of nitrogens with zero attached hydrogens (tertiary/aromatic N) is 6. The van der Waals surface area contributed by atoms with Gasteiger partial charge in [-0.15, -0.1) is 10.2 Å². The number of benzene rings is 1. The Balaban J connectivity index is 1.59. The van der Waals surface area contributed by atoms with E-state index in [4.69, 9.17) is 0 Å². The summed E-state index contributed by atoms with van der Waals surface area (Å²) in [7, 11) is -3.51. The van der Waals surface area contributed by atoms with Crippen LogP contribution in [-0.2, 0) is 15.8 Å². The second kappa shape index (κ2) is 7.97. The molecule has 0 aliphatic heterocycles. The van der Waals surface area contributed by atoms with Crippen molar-refractivity contribution in [3.05, 3.63) is 41.5 Å². The standard InChI is InChI=1S/C19H23N7O2S2/c1-5-25(6-2)30(27,28)14-7-8-15-16(10-14)22-17(21-15)11-29-19-24-23-18-20-12(3)9-13(4)26(18)19/h7-10H,5-6,11H2,1-4H3,(H,21,22). The molecule has 1 N–H and O–H groups in total. The van der Waals surface area contributed by atoms with Gasteiger partial charge in [0.15, 0.2) is 5.16 Å². The molecule has 1 aromatic carbocycles. The second-order valence-electron chi connectivity index (χ2n) is 6.90. The van der Waals surface area contributed by atoms with Gasteiger partial charge in [0.25, 0.3) is 5.78 Å². The van der Waals surface area contributed by atoms with Crippen LogP contribution in [0.25, 0.3) is 16.8 Å². The molecule has 3 aromatic heterocycles. The SMILES string of the molecule is CCN(CC)S(=O)(=O)c1ccc2nc(CSc3nnc4nc(C)cc(C)n34)[nH]c2c1. The lowest BCUT2D eigenvalue weighted by Gasteiger charge is -2.18. The molecule has 3 heterocycles. The molecule has 158 valence electrons. The monoisotopic (exact) mass is 445 g/mol. The van der Waals surface area contributed by atoms with Gasteiger partial charge in [-0.2, -0.15) is 4.31 Å². The minimum absolute atomic E-state index is 0.266. The fourth-order valence-corrected chi connectivity index (χ4v) is 5.75. The number of H-pyrrole nitrogens is 1. The van der Waals surface area contributed by atoms with E-state index in [2.05, 4.69) is 25.1 Å². The number of hydrogen-bond donors (Lipinski definition) is 1. The van der Waals surface area contributed by atoms with Crippen molar-refractivity contribution in [3.63, 3.8) is 0 Å². The lowest BCUT2D eigenvalue weighted by Crippen LogP contribution is -2.30. The summed E-state index contributed by atoms with van der Waals surface area (Å²) in [6.45, 7) is 8.45. The van der Waals surface area contributed by atoms with Crippen molar-refractivity contribution < 1.29 is 8.42 Å². The predicted octanol–water partition coefficient (Wildman–Crippen LogP) is 2.94. The molecule has 0 aliphatic carbocycles. The van der Waals surface area contributed by atoms with Gasteiger partial charge in [0.1, 0.15) is 5.82 Å². The molecule has 0 saturated carbocycles. The molecule has 4 rings (SSSR count). The van der Waals surface area contributed by atoms with E-state index in [9.17, 15) is 8.42 Å². The minimum atomic E-state index is -3.51. The summed E-state index contributed by atoms with van der Waals surface area (Å²) < 4.78 is 28.9. The number of fused-ring (bicyclic) bond motifs is 2. The smallest absolute Gasteiger partial charge is 0.256 e. The van der Waals surface area contributed by atoms with E-state index in [0.717, 1.165) is 27.9 Å². The molecular weight excluding hydrogens is 422 g/mol. The molecule has 0 unspecified atom stereocenters. The number of aromatic amines is 1. The summed E-state index contributed by atoms with van der Waals surface area (Å²) >= 11 is 1.50. The van der Waals surface area contributed by atoms with Crippen LogP contribution in [0.4, 0.5) is 0 Å². The topological polar surface area (TPSA) is 109 Å². The number of hydrogen-bond acceptors (Lipinski definition) is 7. The van der Waals surface area contributed by atoms with E-state index in [1.54, 1.807) is 18.2 Å². The lowest BCUT2D eigenvalue weighted by molar-refractivity contribution is 0.445. The van der Waals surface area contributed by atoms with E-state index in [0.29, 0.717) is 30.1 Å². The second-order valence-corrected chi connectivity index (χ2v) is 9.78. The third-order valence-corrected chi connectivity index (χ3v) is 7.83. The van der Waals surface area contributed by atoms with Gasteiger partial charge >= 0.3 is 0 Å². The highest BCUT2D eigenvalue weighted by Gasteiger charge is 2.22. The van der Waals surface area contributed by atoms with Crippen LogP contribution in [0, 0.1) is 13.8 Å². The Morgan fingerprint density at radius 1 is 1.10 bits per heavy atom. The van der Waals surface area contributed by atoms with Gasteiger partial charge in [0.05, 0.1) is 21.7 Å². The zero-order valence-electron chi connectivity index (χ0n) is 17.2. The van der Waals surface area contributed by atoms with Crippen molar-refractivity contribution in [3.8, 4) is 0 Å². The lowest BCUT2D eigenvalue weighted by atomic mass is 10.3. The molecule has 0 fully saturated rings. The summed E-state index contributed by atoms with van der Waals surface area (Å²) in [6.07, 6.45) is 0. The van der Waals surface area contributed by atoms with Gasteiger partial charge in [-0.25, -0.2) is 18.4 Å². The Morgan fingerprint density at radius 3 is 2.60 bits per heavy atom. The average molecular weight is 446 g/mol. The quantitative estimate of drug-likeness (QED) is 0.436.